The molecule has 0 bridgehead atoms. The Bertz CT molecular complexity index is 456. The number of carbonyl (C=O) groups excluding carboxylic acids is 2. The van der Waals surface area contributed by atoms with Gasteiger partial charge in [-0.05, 0) is 37.1 Å². The van der Waals surface area contributed by atoms with Gasteiger partial charge >= 0.3 is 11.9 Å². The first-order chi connectivity index (χ1) is 8.81. The molecule has 0 unspecified atom stereocenters. The van der Waals surface area contributed by atoms with E-state index in [-0.39, 0.29) is 11.1 Å². The fourth-order valence-electron chi connectivity index (χ4n) is 1.04. The molecule has 0 aliphatic heterocycles. The van der Waals surface area contributed by atoms with Gasteiger partial charge in [0.1, 0.15) is 0 Å². The molecule has 19 heavy (non-hydrogen) atoms. The minimum atomic E-state index is -0.718. The van der Waals surface area contributed by atoms with E-state index in [0.717, 1.165) is 0 Å². The summed E-state index contributed by atoms with van der Waals surface area (Å²) in [7, 11) is 0. The summed E-state index contributed by atoms with van der Waals surface area (Å²) in [5.41, 5.74) is 1.67. The third-order valence-electron chi connectivity index (χ3n) is 2.16. The predicted octanol–water partition coefficient (Wildman–Crippen LogP) is 3.43. The van der Waals surface area contributed by atoms with Crippen molar-refractivity contribution in [1.29, 1.82) is 0 Å². The van der Waals surface area contributed by atoms with Gasteiger partial charge in [-0.15, -0.1) is 0 Å². The van der Waals surface area contributed by atoms with Gasteiger partial charge in [0, 0.05) is 11.1 Å². The molecule has 0 rings (SSSR count). The highest BCUT2D eigenvalue weighted by Gasteiger charge is 2.13. The number of rotatable bonds is 6. The molecular formula is C16H18O3. The Morgan fingerprint density at radius 2 is 1.16 bits per heavy atom. The highest BCUT2D eigenvalue weighted by atomic mass is 16.6. The topological polar surface area (TPSA) is 43.4 Å². The molecule has 0 aliphatic carbocycles. The fraction of sp³-hybridized carbons (Fsp3) is 0.125. The van der Waals surface area contributed by atoms with Crippen molar-refractivity contribution in [2.24, 2.45) is 0 Å². The molecule has 0 saturated carbocycles. The summed E-state index contributed by atoms with van der Waals surface area (Å²) in [6.07, 6.45) is 5.98. The van der Waals surface area contributed by atoms with Crippen molar-refractivity contribution in [2.45, 2.75) is 13.8 Å². The minimum absolute atomic E-state index is 0.272. The van der Waals surface area contributed by atoms with Crippen LogP contribution in [0.2, 0.25) is 0 Å². The van der Waals surface area contributed by atoms with Crippen LogP contribution in [0, 0.1) is 0 Å². The van der Waals surface area contributed by atoms with E-state index in [0.29, 0.717) is 11.1 Å². The minimum Gasteiger partial charge on any atom is -0.386 e. The molecular weight excluding hydrogens is 240 g/mol. The van der Waals surface area contributed by atoms with Crippen LogP contribution in [-0.2, 0) is 14.3 Å². The average molecular weight is 258 g/mol. The average Bonchev–Trinajstić information content (AvgIpc) is 2.37. The zero-order valence-electron chi connectivity index (χ0n) is 11.4. The van der Waals surface area contributed by atoms with Gasteiger partial charge in [-0.2, -0.15) is 0 Å². The standard InChI is InChI=1S/C16H18O3/c1-7-11(3)9-13(5)15(17)19-16(18)14(6)10-12(4)8-2/h7-10H,1-4H2,5-6H3. The summed E-state index contributed by atoms with van der Waals surface area (Å²) >= 11 is 0. The SMILES string of the molecule is C=CC(=C)C=C(C)C(=O)OC(=O)C(C)=CC(=C)C=C. The second-order valence-electron chi connectivity index (χ2n) is 3.89. The van der Waals surface area contributed by atoms with Crippen molar-refractivity contribution >= 4 is 11.9 Å². The normalized spacial score (nSPS) is 11.5. The molecule has 0 fully saturated rings. The molecule has 0 amide bonds. The van der Waals surface area contributed by atoms with Gasteiger partial charge in [0.15, 0.2) is 0 Å². The third kappa shape index (κ3) is 6.17. The Labute approximate surface area is 114 Å². The Morgan fingerprint density at radius 1 is 0.842 bits per heavy atom. The first kappa shape index (κ1) is 16.6. The van der Waals surface area contributed by atoms with Crippen LogP contribution in [0.5, 0.6) is 0 Å². The van der Waals surface area contributed by atoms with Crippen molar-refractivity contribution < 1.29 is 14.3 Å². The summed E-state index contributed by atoms with van der Waals surface area (Å²) in [6, 6.07) is 0. The van der Waals surface area contributed by atoms with Crippen LogP contribution < -0.4 is 0 Å². The molecule has 0 aromatic heterocycles. The van der Waals surface area contributed by atoms with E-state index in [1.807, 2.05) is 0 Å². The first-order valence-electron chi connectivity index (χ1n) is 5.57. The van der Waals surface area contributed by atoms with Gasteiger partial charge in [0.25, 0.3) is 0 Å². The molecule has 0 atom stereocenters. The predicted molar refractivity (Wildman–Crippen MR) is 77.3 cm³/mol. The van der Waals surface area contributed by atoms with Crippen molar-refractivity contribution in [2.75, 3.05) is 0 Å². The van der Waals surface area contributed by atoms with Crippen molar-refractivity contribution in [3.63, 3.8) is 0 Å². The van der Waals surface area contributed by atoms with Gasteiger partial charge in [-0.3, -0.25) is 0 Å². The maximum Gasteiger partial charge on any atom is 0.341 e. The van der Waals surface area contributed by atoms with Gasteiger partial charge in [0.2, 0.25) is 0 Å². The number of ether oxygens (including phenoxy) is 1. The maximum absolute atomic E-state index is 11.6. The van der Waals surface area contributed by atoms with E-state index in [2.05, 4.69) is 26.3 Å². The number of hydrogen-bond donors (Lipinski definition) is 0. The molecule has 100 valence electrons. The van der Waals surface area contributed by atoms with Crippen LogP contribution in [0.3, 0.4) is 0 Å². The smallest absolute Gasteiger partial charge is 0.341 e. The van der Waals surface area contributed by atoms with Crippen LogP contribution in [-0.4, -0.2) is 11.9 Å². The molecule has 0 spiro atoms. The molecule has 0 N–H and O–H groups in total. The summed E-state index contributed by atoms with van der Waals surface area (Å²) in [4.78, 5) is 23.2. The summed E-state index contributed by atoms with van der Waals surface area (Å²) in [5, 5.41) is 0. The Morgan fingerprint density at radius 3 is 1.42 bits per heavy atom. The van der Waals surface area contributed by atoms with Crippen molar-refractivity contribution in [3.8, 4) is 0 Å². The Balaban J connectivity index is 4.79. The molecule has 0 aliphatic rings. The zero-order valence-corrected chi connectivity index (χ0v) is 11.4. The molecule has 0 aromatic rings. The van der Waals surface area contributed by atoms with Crippen LogP contribution in [0.25, 0.3) is 0 Å². The summed E-state index contributed by atoms with van der Waals surface area (Å²) in [5.74, 6) is -1.44. The van der Waals surface area contributed by atoms with Crippen LogP contribution in [0.1, 0.15) is 13.8 Å². The highest BCUT2D eigenvalue weighted by molar-refractivity contribution is 6.01. The molecule has 0 aromatic carbocycles. The van der Waals surface area contributed by atoms with Gasteiger partial charge in [-0.25, -0.2) is 9.59 Å². The lowest BCUT2D eigenvalue weighted by atomic mass is 10.2. The number of allylic oxidation sites excluding steroid dienone is 6. The second kappa shape index (κ2) is 7.82. The highest BCUT2D eigenvalue weighted by Crippen LogP contribution is 2.07. The van der Waals surface area contributed by atoms with E-state index < -0.39 is 11.9 Å². The number of carbonyl (C=O) groups is 2. The fourth-order valence-corrected chi connectivity index (χ4v) is 1.04. The molecule has 3 nitrogen and oxygen atoms in total. The van der Waals surface area contributed by atoms with Crippen LogP contribution in [0.4, 0.5) is 0 Å². The Kier molecular flexibility index (Phi) is 6.82. The van der Waals surface area contributed by atoms with E-state index in [1.54, 1.807) is 0 Å². The lowest BCUT2D eigenvalue weighted by Crippen LogP contribution is -2.14. The lowest BCUT2D eigenvalue weighted by molar-refractivity contribution is -0.153. The van der Waals surface area contributed by atoms with Crippen molar-refractivity contribution in [1.82, 2.24) is 0 Å². The van der Waals surface area contributed by atoms with Gasteiger partial charge in [0.05, 0.1) is 0 Å². The van der Waals surface area contributed by atoms with Crippen LogP contribution in [0.15, 0.2) is 72.9 Å². The van der Waals surface area contributed by atoms with E-state index in [1.165, 1.54) is 38.2 Å². The molecule has 3 heteroatoms. The van der Waals surface area contributed by atoms with E-state index >= 15 is 0 Å². The largest absolute Gasteiger partial charge is 0.386 e. The monoisotopic (exact) mass is 258 g/mol. The lowest BCUT2D eigenvalue weighted by Gasteiger charge is -2.03. The first-order valence-corrected chi connectivity index (χ1v) is 5.57. The quantitative estimate of drug-likeness (QED) is 0.317. The van der Waals surface area contributed by atoms with E-state index in [9.17, 15) is 9.59 Å². The van der Waals surface area contributed by atoms with Crippen molar-refractivity contribution in [3.05, 3.63) is 72.9 Å². The van der Waals surface area contributed by atoms with Gasteiger partial charge in [-0.1, -0.05) is 38.5 Å². The summed E-state index contributed by atoms with van der Waals surface area (Å²) < 4.78 is 4.70. The second-order valence-corrected chi connectivity index (χ2v) is 3.89. The molecule has 0 radical (unpaired) electrons. The summed E-state index contributed by atoms with van der Waals surface area (Å²) in [6.45, 7) is 17.4. The number of hydrogen-bond acceptors (Lipinski definition) is 3. The van der Waals surface area contributed by atoms with E-state index in [4.69, 9.17) is 4.74 Å². The molecule has 0 heterocycles. The third-order valence-corrected chi connectivity index (χ3v) is 2.16. The Hall–Kier alpha value is -2.42. The van der Waals surface area contributed by atoms with Gasteiger partial charge < -0.3 is 4.74 Å². The maximum atomic E-state index is 11.6. The molecule has 0 saturated heterocycles. The number of esters is 2. The van der Waals surface area contributed by atoms with Crippen LogP contribution >= 0.6 is 0 Å². The zero-order chi connectivity index (χ0) is 15.0.